The first-order valence-corrected chi connectivity index (χ1v) is 48.7. The highest BCUT2D eigenvalue weighted by Gasteiger charge is 2.41. The van der Waals surface area contributed by atoms with Crippen molar-refractivity contribution >= 4 is 17.7 Å². The Balaban J connectivity index is 0.862. The maximum absolute atomic E-state index is 15.0. The van der Waals surface area contributed by atoms with Crippen molar-refractivity contribution in [1.29, 1.82) is 0 Å². The number of carbonyl (C=O) groups excluding carboxylic acids is 3. The fourth-order valence-electron chi connectivity index (χ4n) is 16.8. The lowest BCUT2D eigenvalue weighted by atomic mass is 9.68. The number of ether oxygens (including phenoxy) is 3. The lowest BCUT2D eigenvalue weighted by Gasteiger charge is -2.38. The predicted octanol–water partition coefficient (Wildman–Crippen LogP) is 25.2. The van der Waals surface area contributed by atoms with Gasteiger partial charge >= 0.3 is 0 Å². The van der Waals surface area contributed by atoms with Gasteiger partial charge in [0.2, 0.25) is 17.5 Å². The Morgan fingerprint density at radius 3 is 0.705 bits per heavy atom. The summed E-state index contributed by atoms with van der Waals surface area (Å²) in [5.41, 5.74) is 16.4. The number of hydrogen-bond acceptors (Lipinski definition) is 18. The fourth-order valence-corrected chi connectivity index (χ4v) is 16.8. The molecule has 9 aromatic carbocycles. The van der Waals surface area contributed by atoms with Crippen LogP contribution in [-0.2, 0) is 32.5 Å². The predicted molar refractivity (Wildman–Crippen MR) is 555 cm³/mol. The van der Waals surface area contributed by atoms with Crippen LogP contribution >= 0.6 is 0 Å². The highest BCUT2D eigenvalue weighted by molar-refractivity contribution is 5.94. The maximum atomic E-state index is 15.0. The number of hydrogen-bond donors (Lipinski definition) is 3. The van der Waals surface area contributed by atoms with Crippen LogP contribution in [0.15, 0.2) is 273 Å². The number of nitrogens with zero attached hydrogens (tertiary/aromatic N) is 12. The van der Waals surface area contributed by atoms with E-state index in [0.717, 1.165) is 122 Å². The quantitative estimate of drug-likeness (QED) is 0.0239. The topological polar surface area (TPSA) is 270 Å². The minimum absolute atomic E-state index is 0.0247. The van der Waals surface area contributed by atoms with Gasteiger partial charge in [0.1, 0.15) is 105 Å². The standard InChI is InChI=1S/C118H127N15O6/c1-19-113(7,8)82-70-85(104(88(73-82)116(13,14)22-4)137-67-64-119-110(134)94-61-43-58-91(122-94)107-125-98(76-46-31-25-32-47-76)101(128-131-107)79-52-37-28-38-53-79)97(86-71-83(114(9,10)20-2)74-89(117(15,16)23-5)105(86)138-68-65-120-111(135)95-62-44-59-92(123-95)108-126-99(77-48-33-26-34-49-77)102(129-132-108)80-54-39-29-40-55-80)87-72-84(115(11,12)21-3)75-90(118(17,18)24-6)106(87)139-69-66-121-112(136)96-63-45-60-93(124-96)109-127-100(78-50-35-27-36-51-78)103(130-133-109)81-56-41-30-42-57-81/h25-63,70-75,97H,19-24,64-69H2,1-18H3,(H,119,134)(H,120,135)(H,121,136). The molecule has 0 aliphatic carbocycles. The third kappa shape index (κ3) is 22.3. The van der Waals surface area contributed by atoms with Gasteiger partial charge in [-0.1, -0.05) is 361 Å². The van der Waals surface area contributed by atoms with Crippen molar-refractivity contribution in [3.8, 4) is 119 Å². The molecule has 0 bridgehead atoms. The van der Waals surface area contributed by atoms with Crippen molar-refractivity contribution in [1.82, 2.24) is 76.4 Å². The van der Waals surface area contributed by atoms with Crippen molar-refractivity contribution in [2.45, 2.75) is 202 Å². The van der Waals surface area contributed by atoms with E-state index < -0.39 is 56.1 Å². The van der Waals surface area contributed by atoms with Gasteiger partial charge in [-0.2, -0.15) is 0 Å². The monoisotopic (exact) mass is 1850 g/mol. The number of amides is 3. The van der Waals surface area contributed by atoms with Crippen molar-refractivity contribution in [3.63, 3.8) is 0 Å². The Labute approximate surface area is 818 Å². The normalized spacial score (nSPS) is 12.0. The summed E-state index contributed by atoms with van der Waals surface area (Å²) in [5.74, 6) is 0.637. The molecule has 21 heteroatoms. The molecule has 0 atom stereocenters. The minimum atomic E-state index is -0.802. The van der Waals surface area contributed by atoms with Gasteiger partial charge in [-0.05, 0) is 124 Å². The molecule has 3 N–H and O–H groups in total. The third-order valence-electron chi connectivity index (χ3n) is 28.0. The summed E-state index contributed by atoms with van der Waals surface area (Å²) in [6.45, 7) is 41.2. The number of rotatable bonds is 39. The van der Waals surface area contributed by atoms with Gasteiger partial charge in [-0.3, -0.25) is 14.4 Å². The molecule has 15 aromatic rings. The Hall–Kier alpha value is -14.7. The molecule has 0 aliphatic rings. The average Bonchev–Trinajstić information content (AvgIpc) is 0.722. The first kappa shape index (κ1) is 98.8. The summed E-state index contributed by atoms with van der Waals surface area (Å²) in [6.07, 6.45) is 4.52. The van der Waals surface area contributed by atoms with Gasteiger partial charge in [0.05, 0.1) is 19.6 Å². The molecule has 0 saturated carbocycles. The van der Waals surface area contributed by atoms with Crippen molar-refractivity contribution in [3.05, 3.63) is 340 Å². The highest BCUT2D eigenvalue weighted by atomic mass is 16.5. The van der Waals surface area contributed by atoms with Crippen LogP contribution in [0.25, 0.3) is 102 Å². The van der Waals surface area contributed by atoms with Gasteiger partial charge in [-0.15, -0.1) is 30.6 Å². The van der Waals surface area contributed by atoms with Crippen molar-refractivity contribution < 1.29 is 28.6 Å². The zero-order chi connectivity index (χ0) is 98.4. The molecule has 0 radical (unpaired) electrons. The van der Waals surface area contributed by atoms with E-state index in [1.54, 1.807) is 54.6 Å². The molecule has 710 valence electrons. The third-order valence-corrected chi connectivity index (χ3v) is 28.0. The summed E-state index contributed by atoms with van der Waals surface area (Å²) in [4.78, 5) is 75.0. The zero-order valence-corrected chi connectivity index (χ0v) is 83.4. The Morgan fingerprint density at radius 2 is 0.482 bits per heavy atom. The molecule has 15 rings (SSSR count). The summed E-state index contributed by atoms with van der Waals surface area (Å²) in [7, 11) is 0. The lowest BCUT2D eigenvalue weighted by Crippen LogP contribution is -2.31. The van der Waals surface area contributed by atoms with Crippen LogP contribution in [0.2, 0.25) is 0 Å². The van der Waals surface area contributed by atoms with Crippen LogP contribution in [0.5, 0.6) is 17.2 Å². The summed E-state index contributed by atoms with van der Waals surface area (Å²) in [5, 5.41) is 37.8. The molecule has 21 nitrogen and oxygen atoms in total. The van der Waals surface area contributed by atoms with Crippen molar-refractivity contribution in [2.75, 3.05) is 39.5 Å². The molecule has 6 heterocycles. The summed E-state index contributed by atoms with van der Waals surface area (Å²) in [6, 6.07) is 89.0. The van der Waals surface area contributed by atoms with E-state index in [0.29, 0.717) is 68.5 Å². The zero-order valence-electron chi connectivity index (χ0n) is 83.4. The Morgan fingerprint density at radius 1 is 0.259 bits per heavy atom. The van der Waals surface area contributed by atoms with E-state index in [4.69, 9.17) is 59.4 Å². The van der Waals surface area contributed by atoms with Gasteiger partial charge in [0.25, 0.3) is 17.7 Å². The van der Waals surface area contributed by atoms with Gasteiger partial charge < -0.3 is 30.2 Å². The van der Waals surface area contributed by atoms with Crippen LogP contribution in [0.1, 0.15) is 251 Å². The molecule has 0 saturated heterocycles. The van der Waals surface area contributed by atoms with E-state index in [2.05, 4.69) is 192 Å². The van der Waals surface area contributed by atoms with Gasteiger partial charge in [-0.25, -0.2) is 29.9 Å². The summed E-state index contributed by atoms with van der Waals surface area (Å²) >= 11 is 0. The minimum Gasteiger partial charge on any atom is -0.491 e. The number of carbonyl (C=O) groups is 3. The fraction of sp³-hybridized carbons (Fsp3) is 0.314. The van der Waals surface area contributed by atoms with E-state index in [1.807, 2.05) is 182 Å². The molecule has 3 amide bonds. The maximum Gasteiger partial charge on any atom is 0.270 e. The van der Waals surface area contributed by atoms with E-state index in [-0.39, 0.29) is 74.0 Å². The van der Waals surface area contributed by atoms with Crippen LogP contribution in [0, 0.1) is 0 Å². The lowest BCUT2D eigenvalue weighted by molar-refractivity contribution is 0.0934. The average molecular weight is 1850 g/mol. The van der Waals surface area contributed by atoms with Gasteiger partial charge in [0.15, 0.2) is 0 Å². The molecule has 6 aromatic heterocycles. The molecular weight excluding hydrogens is 1720 g/mol. The number of pyridine rings is 3. The second-order valence-electron chi connectivity index (χ2n) is 39.4. The van der Waals surface area contributed by atoms with E-state index in [1.165, 1.54) is 0 Å². The largest absolute Gasteiger partial charge is 0.491 e. The molecule has 0 aliphatic heterocycles. The Bertz CT molecular complexity index is 6210. The van der Waals surface area contributed by atoms with Crippen LogP contribution in [0.4, 0.5) is 0 Å². The van der Waals surface area contributed by atoms with Crippen LogP contribution in [-0.4, -0.2) is 118 Å². The Kier molecular flexibility index (Phi) is 30.5. The smallest absolute Gasteiger partial charge is 0.270 e. The van der Waals surface area contributed by atoms with Crippen LogP contribution in [0.3, 0.4) is 0 Å². The van der Waals surface area contributed by atoms with Crippen LogP contribution < -0.4 is 30.2 Å². The number of benzene rings is 9. The van der Waals surface area contributed by atoms with E-state index >= 15 is 0 Å². The first-order valence-electron chi connectivity index (χ1n) is 48.7. The first-order chi connectivity index (χ1) is 66.9. The molecular formula is C118H127N15O6. The molecule has 139 heavy (non-hydrogen) atoms. The summed E-state index contributed by atoms with van der Waals surface area (Å²) < 4.78 is 23.3. The number of aromatic nitrogens is 12. The van der Waals surface area contributed by atoms with Crippen molar-refractivity contribution in [2.24, 2.45) is 0 Å². The SMILES string of the molecule is CCC(C)(C)c1cc(C(c2cc(C(C)(C)CC)cc(C(C)(C)CC)c2OCCNC(=O)c2cccc(-c3nnc(-c4ccccc4)c(-c4ccccc4)n3)n2)c2cc(C(C)(C)CC)cc(C(C)(C)CC)c2OCCNC(=O)c2cccc(-c3nnc(-c4ccccc4)c(-c4ccccc4)n3)n2)c(OCCNC(=O)c2cccc(-c3nnc(-c4ccccc4)c(-c4ccccc4)n3)n2)c(C(C)(C)CC)c1. The number of nitrogens with one attached hydrogen (secondary N) is 3. The molecule has 0 fully saturated rings. The molecule has 0 unspecified atom stereocenters. The second kappa shape index (κ2) is 42.9. The highest BCUT2D eigenvalue weighted by Crippen LogP contribution is 2.56. The van der Waals surface area contributed by atoms with E-state index in [9.17, 15) is 14.4 Å². The van der Waals surface area contributed by atoms with Gasteiger partial charge in [0, 0.05) is 72.7 Å². The molecule has 0 spiro atoms. The second-order valence-corrected chi connectivity index (χ2v) is 39.4.